The minimum absolute atomic E-state index is 0. The van der Waals surface area contributed by atoms with Crippen LogP contribution in [0.15, 0.2) is 24.3 Å². The molecule has 0 spiro atoms. The summed E-state index contributed by atoms with van der Waals surface area (Å²) < 4.78 is 0. The molecule has 1 aromatic rings. The zero-order valence-corrected chi connectivity index (χ0v) is 13.7. The maximum atomic E-state index is 10.0. The molecule has 1 unspecified atom stereocenters. The van der Waals surface area contributed by atoms with Crippen LogP contribution in [0.3, 0.4) is 0 Å². The van der Waals surface area contributed by atoms with Crippen LogP contribution >= 0.6 is 0 Å². The summed E-state index contributed by atoms with van der Waals surface area (Å²) in [6, 6.07) is 7.44. The van der Waals surface area contributed by atoms with E-state index < -0.39 is 0 Å². The molecular formula is C16H24CuN4O-4. The van der Waals surface area contributed by atoms with Gasteiger partial charge in [0.2, 0.25) is 0 Å². The fourth-order valence-electron chi connectivity index (χ4n) is 2.38. The predicted molar refractivity (Wildman–Crippen MR) is 87.6 cm³/mol. The van der Waals surface area contributed by atoms with Crippen molar-refractivity contribution >= 4 is 0 Å². The van der Waals surface area contributed by atoms with Crippen molar-refractivity contribution in [2.75, 3.05) is 45.8 Å². The predicted octanol–water partition coefficient (Wildman–Crippen LogP) is 3.72. The zero-order valence-electron chi connectivity index (χ0n) is 12.8. The molecule has 2 rings (SSSR count). The summed E-state index contributed by atoms with van der Waals surface area (Å²) in [5.41, 5.74) is 0.893. The van der Waals surface area contributed by atoms with Crippen LogP contribution in [0.1, 0.15) is 24.4 Å². The molecule has 1 heterocycles. The second-order valence-corrected chi connectivity index (χ2v) is 5.14. The third-order valence-corrected chi connectivity index (χ3v) is 3.51. The van der Waals surface area contributed by atoms with Crippen molar-refractivity contribution in [1.82, 2.24) is 0 Å². The Morgan fingerprint density at radius 1 is 0.818 bits per heavy atom. The summed E-state index contributed by atoms with van der Waals surface area (Å²) in [7, 11) is 0. The van der Waals surface area contributed by atoms with Crippen molar-refractivity contribution in [3.05, 3.63) is 51.1 Å². The largest absolute Gasteiger partial charge is 0.664 e. The first-order valence-electron chi connectivity index (χ1n) is 7.72. The number of hydrogen-bond donors (Lipinski definition) is 1. The van der Waals surface area contributed by atoms with E-state index in [1.807, 2.05) is 18.2 Å². The van der Waals surface area contributed by atoms with Crippen LogP contribution in [0.2, 0.25) is 0 Å². The molecule has 22 heavy (non-hydrogen) atoms. The van der Waals surface area contributed by atoms with Gasteiger partial charge in [-0.25, -0.2) is 0 Å². The van der Waals surface area contributed by atoms with Gasteiger partial charge in [0.05, 0.1) is 0 Å². The fraction of sp³-hybridized carbons (Fsp3) is 0.625. The molecule has 1 radical (unpaired) electrons. The van der Waals surface area contributed by atoms with E-state index in [0.29, 0.717) is 12.3 Å². The molecule has 0 saturated carbocycles. The van der Waals surface area contributed by atoms with E-state index in [9.17, 15) is 5.11 Å². The normalized spacial score (nSPS) is 22.3. The molecule has 0 bridgehead atoms. The molecule has 0 aromatic heterocycles. The quantitative estimate of drug-likeness (QED) is 0.769. The van der Waals surface area contributed by atoms with Gasteiger partial charge in [0.1, 0.15) is 5.75 Å². The molecular weight excluding hydrogens is 328 g/mol. The van der Waals surface area contributed by atoms with Crippen molar-refractivity contribution in [2.24, 2.45) is 0 Å². The number of hydrogen-bond acceptors (Lipinski definition) is 1. The smallest absolute Gasteiger partial charge is 0.117 e. The standard InChI is InChI=1S/C16H24N4O.Cu/c21-16-5-2-1-4-14(16)15-6-9-19-11-10-17-7-3-8-18-12-13-20-15;/h1-2,4-5,15,21H,3,6-13H2;/q-4;. The van der Waals surface area contributed by atoms with Crippen LogP contribution in [0.5, 0.6) is 5.75 Å². The summed E-state index contributed by atoms with van der Waals surface area (Å²) in [6.45, 7) is 5.55. The maximum Gasteiger partial charge on any atom is 0.117 e. The van der Waals surface area contributed by atoms with Gasteiger partial charge in [0.15, 0.2) is 0 Å². The monoisotopic (exact) mass is 351 g/mol. The third kappa shape index (κ3) is 7.09. The van der Waals surface area contributed by atoms with E-state index in [4.69, 9.17) is 5.32 Å². The van der Waals surface area contributed by atoms with E-state index in [0.717, 1.165) is 57.7 Å². The number of nitrogens with zero attached hydrogens (tertiary/aromatic N) is 4. The summed E-state index contributed by atoms with van der Waals surface area (Å²) >= 11 is 0. The Labute approximate surface area is 144 Å². The van der Waals surface area contributed by atoms with Gasteiger partial charge in [-0.3, -0.25) is 0 Å². The Balaban J connectivity index is 0.00000242. The molecule has 1 N–H and O–H groups in total. The van der Waals surface area contributed by atoms with E-state index in [2.05, 4.69) is 16.0 Å². The number of phenolic OH excluding ortho intramolecular Hbond substituents is 1. The average Bonchev–Trinajstić information content (AvgIpc) is 2.50. The van der Waals surface area contributed by atoms with E-state index in [-0.39, 0.29) is 23.1 Å². The second-order valence-electron chi connectivity index (χ2n) is 5.14. The SMILES string of the molecule is Oc1ccccc1C1CC[N-]CC[N-]CCC[N-]CC[N-]1.[Cu]. The van der Waals surface area contributed by atoms with Crippen LogP contribution in [-0.4, -0.2) is 50.9 Å². The third-order valence-electron chi connectivity index (χ3n) is 3.51. The van der Waals surface area contributed by atoms with Gasteiger partial charge < -0.3 is 26.4 Å². The number of para-hydroxylation sites is 1. The number of phenols is 1. The van der Waals surface area contributed by atoms with Crippen molar-refractivity contribution < 1.29 is 22.2 Å². The Bertz CT molecular complexity index is 391. The van der Waals surface area contributed by atoms with Crippen molar-refractivity contribution in [1.29, 1.82) is 0 Å². The first-order chi connectivity index (χ1) is 10.4. The maximum absolute atomic E-state index is 10.0. The van der Waals surface area contributed by atoms with Crippen molar-refractivity contribution in [3.63, 3.8) is 0 Å². The molecule has 1 aliphatic heterocycles. The molecule has 1 atom stereocenters. The van der Waals surface area contributed by atoms with Gasteiger partial charge in [-0.15, -0.1) is 6.04 Å². The van der Waals surface area contributed by atoms with E-state index in [1.54, 1.807) is 6.07 Å². The Morgan fingerprint density at radius 3 is 2.18 bits per heavy atom. The van der Waals surface area contributed by atoms with E-state index in [1.165, 1.54) is 0 Å². The van der Waals surface area contributed by atoms with Gasteiger partial charge in [-0.2, -0.15) is 45.8 Å². The minimum atomic E-state index is 0. The van der Waals surface area contributed by atoms with Gasteiger partial charge in [0, 0.05) is 17.1 Å². The summed E-state index contributed by atoms with van der Waals surface area (Å²) in [4.78, 5) is 0. The van der Waals surface area contributed by atoms with Gasteiger partial charge in [-0.05, 0) is 11.6 Å². The minimum Gasteiger partial charge on any atom is -0.664 e. The molecule has 129 valence electrons. The summed E-state index contributed by atoms with van der Waals surface area (Å²) in [5.74, 6) is 0.319. The number of aromatic hydroxyl groups is 1. The topological polar surface area (TPSA) is 76.6 Å². The van der Waals surface area contributed by atoms with Crippen molar-refractivity contribution in [2.45, 2.75) is 18.9 Å². The molecule has 0 amide bonds. The molecule has 1 saturated heterocycles. The molecule has 1 fully saturated rings. The Hall–Kier alpha value is -0.621. The molecule has 0 aliphatic carbocycles. The summed E-state index contributed by atoms with van der Waals surface area (Å²) in [5, 5.41) is 28.1. The zero-order chi connectivity index (χ0) is 14.8. The average molecular weight is 352 g/mol. The number of benzene rings is 1. The van der Waals surface area contributed by atoms with Gasteiger partial charge >= 0.3 is 0 Å². The van der Waals surface area contributed by atoms with Crippen LogP contribution in [0.4, 0.5) is 0 Å². The van der Waals surface area contributed by atoms with Crippen LogP contribution < -0.4 is 0 Å². The molecule has 1 aromatic carbocycles. The first-order valence-corrected chi connectivity index (χ1v) is 7.72. The fourth-order valence-corrected chi connectivity index (χ4v) is 2.38. The Morgan fingerprint density at radius 2 is 1.45 bits per heavy atom. The molecule has 6 heteroatoms. The molecule has 5 nitrogen and oxygen atoms in total. The van der Waals surface area contributed by atoms with E-state index >= 15 is 0 Å². The van der Waals surface area contributed by atoms with Crippen molar-refractivity contribution in [3.8, 4) is 5.75 Å². The van der Waals surface area contributed by atoms with Crippen LogP contribution in [0.25, 0.3) is 21.3 Å². The Kier molecular flexibility index (Phi) is 10.5. The van der Waals surface area contributed by atoms with Gasteiger partial charge in [0.25, 0.3) is 0 Å². The first kappa shape index (κ1) is 19.4. The molecule has 1 aliphatic rings. The second kappa shape index (κ2) is 11.9. The number of rotatable bonds is 1. The van der Waals surface area contributed by atoms with Crippen LogP contribution in [-0.2, 0) is 17.1 Å². The van der Waals surface area contributed by atoms with Gasteiger partial charge in [-0.1, -0.05) is 31.0 Å². The summed E-state index contributed by atoms with van der Waals surface area (Å²) in [6.07, 6.45) is 1.85. The van der Waals surface area contributed by atoms with Crippen LogP contribution in [0, 0.1) is 0 Å².